The molecule has 1 saturated heterocycles. The normalized spacial score (nSPS) is 20.1. The van der Waals surface area contributed by atoms with Crippen molar-refractivity contribution in [2.75, 3.05) is 26.7 Å². The van der Waals surface area contributed by atoms with E-state index in [1.165, 1.54) is 0 Å². The van der Waals surface area contributed by atoms with Gasteiger partial charge in [0.05, 0.1) is 13.0 Å². The molecule has 0 aromatic carbocycles. The van der Waals surface area contributed by atoms with E-state index in [4.69, 9.17) is 9.47 Å². The summed E-state index contributed by atoms with van der Waals surface area (Å²) in [4.78, 5) is 21.6. The Morgan fingerprint density at radius 3 is 3.14 bits per heavy atom. The summed E-state index contributed by atoms with van der Waals surface area (Å²) in [6.45, 7) is 1.11. The van der Waals surface area contributed by atoms with Crippen molar-refractivity contribution in [1.29, 1.82) is 0 Å². The lowest BCUT2D eigenvalue weighted by Crippen LogP contribution is -2.23. The molecule has 6 heteroatoms. The second-order valence-electron chi connectivity index (χ2n) is 2.94. The zero-order valence-electron chi connectivity index (χ0n) is 8.04. The monoisotopic (exact) mass is 202 g/mol. The van der Waals surface area contributed by atoms with Gasteiger partial charge in [-0.25, -0.2) is 4.79 Å². The number of hydrogen-bond acceptors (Lipinski definition) is 5. The number of nitrogens with one attached hydrogen (secondary N) is 2. The third-order valence-corrected chi connectivity index (χ3v) is 1.76. The van der Waals surface area contributed by atoms with E-state index in [0.29, 0.717) is 19.5 Å². The molecule has 1 aliphatic rings. The van der Waals surface area contributed by atoms with Crippen LogP contribution in [0.5, 0.6) is 0 Å². The molecule has 0 aliphatic carbocycles. The number of alkyl carbamates (subject to hydrolysis) is 1. The predicted octanol–water partition coefficient (Wildman–Crippen LogP) is -0.752. The van der Waals surface area contributed by atoms with Crippen molar-refractivity contribution in [3.05, 3.63) is 0 Å². The molecule has 1 amide bonds. The predicted molar refractivity (Wildman–Crippen MR) is 47.8 cm³/mol. The maximum Gasteiger partial charge on any atom is 0.407 e. The Kier molecular flexibility index (Phi) is 4.18. The second-order valence-corrected chi connectivity index (χ2v) is 2.94. The lowest BCUT2D eigenvalue weighted by atomic mass is 10.4. The fourth-order valence-corrected chi connectivity index (χ4v) is 1.01. The van der Waals surface area contributed by atoms with Crippen LogP contribution in [0, 0.1) is 0 Å². The van der Waals surface area contributed by atoms with E-state index >= 15 is 0 Å². The number of amides is 1. The van der Waals surface area contributed by atoms with Crippen LogP contribution in [0.1, 0.15) is 6.42 Å². The van der Waals surface area contributed by atoms with Crippen LogP contribution < -0.4 is 10.6 Å². The Labute approximate surface area is 81.9 Å². The van der Waals surface area contributed by atoms with E-state index in [1.807, 2.05) is 0 Å². The van der Waals surface area contributed by atoms with Gasteiger partial charge in [-0.1, -0.05) is 0 Å². The number of ether oxygens (including phenoxy) is 2. The molecule has 1 heterocycles. The summed E-state index contributed by atoms with van der Waals surface area (Å²) in [5, 5.41) is 5.31. The minimum absolute atomic E-state index is 0.126. The Bertz CT molecular complexity index is 219. The second kappa shape index (κ2) is 5.43. The maximum absolute atomic E-state index is 11.0. The molecule has 1 fully saturated rings. The SMILES string of the molecule is CNCCC(=O)OC[C@H]1CNC(=O)O1. The molecule has 80 valence electrons. The molecule has 0 unspecified atom stereocenters. The smallest absolute Gasteiger partial charge is 0.407 e. The largest absolute Gasteiger partial charge is 0.462 e. The van der Waals surface area contributed by atoms with Crippen LogP contribution in [-0.4, -0.2) is 44.9 Å². The van der Waals surface area contributed by atoms with Crippen molar-refractivity contribution in [1.82, 2.24) is 10.6 Å². The first-order chi connectivity index (χ1) is 6.72. The van der Waals surface area contributed by atoms with E-state index in [0.717, 1.165) is 0 Å². The van der Waals surface area contributed by atoms with E-state index < -0.39 is 6.09 Å². The summed E-state index contributed by atoms with van der Waals surface area (Å²) in [5.74, 6) is -0.290. The molecule has 2 N–H and O–H groups in total. The summed E-state index contributed by atoms with van der Waals surface area (Å²) in [7, 11) is 1.76. The highest BCUT2D eigenvalue weighted by molar-refractivity contribution is 5.70. The van der Waals surface area contributed by atoms with E-state index in [-0.39, 0.29) is 18.7 Å². The van der Waals surface area contributed by atoms with Gasteiger partial charge in [0.2, 0.25) is 0 Å². The molecule has 1 rings (SSSR count). The zero-order chi connectivity index (χ0) is 10.4. The molecule has 0 spiro atoms. The minimum atomic E-state index is -0.457. The van der Waals surface area contributed by atoms with Gasteiger partial charge in [0.1, 0.15) is 6.61 Å². The van der Waals surface area contributed by atoms with Crippen molar-refractivity contribution in [3.8, 4) is 0 Å². The first-order valence-electron chi connectivity index (χ1n) is 4.47. The van der Waals surface area contributed by atoms with Crippen molar-refractivity contribution >= 4 is 12.1 Å². The van der Waals surface area contributed by atoms with Crippen molar-refractivity contribution < 1.29 is 19.1 Å². The fourth-order valence-electron chi connectivity index (χ4n) is 1.01. The van der Waals surface area contributed by atoms with Crippen LogP contribution in [-0.2, 0) is 14.3 Å². The Hall–Kier alpha value is -1.30. The molecular formula is C8H14N2O4. The van der Waals surface area contributed by atoms with Crippen LogP contribution in [0.15, 0.2) is 0 Å². The van der Waals surface area contributed by atoms with Crippen molar-refractivity contribution in [3.63, 3.8) is 0 Å². The van der Waals surface area contributed by atoms with Crippen LogP contribution in [0.25, 0.3) is 0 Å². The lowest BCUT2D eigenvalue weighted by Gasteiger charge is -2.08. The summed E-state index contributed by atoms with van der Waals surface area (Å²) in [5.41, 5.74) is 0. The summed E-state index contributed by atoms with van der Waals surface area (Å²) in [6.07, 6.45) is -0.479. The molecule has 14 heavy (non-hydrogen) atoms. The van der Waals surface area contributed by atoms with Crippen LogP contribution in [0.2, 0.25) is 0 Å². The molecule has 0 radical (unpaired) electrons. The summed E-state index contributed by atoms with van der Waals surface area (Å²) in [6, 6.07) is 0. The number of rotatable bonds is 5. The fraction of sp³-hybridized carbons (Fsp3) is 0.750. The number of carbonyl (C=O) groups excluding carboxylic acids is 2. The average Bonchev–Trinajstić information content (AvgIpc) is 2.58. The number of esters is 1. The van der Waals surface area contributed by atoms with Gasteiger partial charge < -0.3 is 20.1 Å². The number of cyclic esters (lactones) is 1. The van der Waals surface area contributed by atoms with Gasteiger partial charge in [-0.15, -0.1) is 0 Å². The van der Waals surface area contributed by atoms with Crippen molar-refractivity contribution in [2.24, 2.45) is 0 Å². The number of hydrogen-bond donors (Lipinski definition) is 2. The van der Waals surface area contributed by atoms with Crippen LogP contribution in [0.4, 0.5) is 4.79 Å². The maximum atomic E-state index is 11.0. The Morgan fingerprint density at radius 2 is 2.57 bits per heavy atom. The Balaban J connectivity index is 2.08. The molecule has 0 saturated carbocycles. The first-order valence-corrected chi connectivity index (χ1v) is 4.47. The third-order valence-electron chi connectivity index (χ3n) is 1.76. The van der Waals surface area contributed by atoms with Gasteiger partial charge in [0, 0.05) is 6.54 Å². The summed E-state index contributed by atoms with van der Waals surface area (Å²) < 4.78 is 9.65. The van der Waals surface area contributed by atoms with Gasteiger partial charge in [-0.05, 0) is 7.05 Å². The van der Waals surface area contributed by atoms with Crippen LogP contribution >= 0.6 is 0 Å². The quantitative estimate of drug-likeness (QED) is 0.573. The van der Waals surface area contributed by atoms with Gasteiger partial charge in [-0.3, -0.25) is 4.79 Å². The minimum Gasteiger partial charge on any atom is -0.462 e. The summed E-state index contributed by atoms with van der Waals surface area (Å²) >= 11 is 0. The lowest BCUT2D eigenvalue weighted by molar-refractivity contribution is -0.145. The highest BCUT2D eigenvalue weighted by Crippen LogP contribution is 2.00. The third kappa shape index (κ3) is 3.61. The van der Waals surface area contributed by atoms with E-state index in [1.54, 1.807) is 7.05 Å². The number of carbonyl (C=O) groups is 2. The molecule has 1 atom stereocenters. The van der Waals surface area contributed by atoms with Gasteiger partial charge >= 0.3 is 12.1 Å². The molecule has 0 aromatic rings. The molecule has 1 aliphatic heterocycles. The zero-order valence-corrected chi connectivity index (χ0v) is 8.04. The van der Waals surface area contributed by atoms with E-state index in [9.17, 15) is 9.59 Å². The average molecular weight is 202 g/mol. The highest BCUT2D eigenvalue weighted by atomic mass is 16.6. The van der Waals surface area contributed by atoms with Crippen molar-refractivity contribution in [2.45, 2.75) is 12.5 Å². The molecule has 0 aromatic heterocycles. The standard InChI is InChI=1S/C8H14N2O4/c1-9-3-2-7(11)13-5-6-4-10-8(12)14-6/h6,9H,2-5H2,1H3,(H,10,12)/t6-/m1/s1. The Morgan fingerprint density at radius 1 is 1.79 bits per heavy atom. The van der Waals surface area contributed by atoms with Gasteiger partial charge in [-0.2, -0.15) is 0 Å². The first kappa shape index (κ1) is 10.8. The van der Waals surface area contributed by atoms with Gasteiger partial charge in [0.25, 0.3) is 0 Å². The topological polar surface area (TPSA) is 76.7 Å². The molecule has 0 bridgehead atoms. The molecule has 6 nitrogen and oxygen atoms in total. The van der Waals surface area contributed by atoms with E-state index in [2.05, 4.69) is 10.6 Å². The molecular weight excluding hydrogens is 188 g/mol. The van der Waals surface area contributed by atoms with Crippen LogP contribution in [0.3, 0.4) is 0 Å². The van der Waals surface area contributed by atoms with Gasteiger partial charge in [0.15, 0.2) is 6.10 Å². The highest BCUT2D eigenvalue weighted by Gasteiger charge is 2.23.